The first-order valence-corrected chi connectivity index (χ1v) is 5.82. The van der Waals surface area contributed by atoms with Crippen molar-refractivity contribution in [3.8, 4) is 0 Å². The third-order valence-corrected chi connectivity index (χ3v) is 2.79. The van der Waals surface area contributed by atoms with Crippen LogP contribution >= 0.6 is 11.6 Å². The summed E-state index contributed by atoms with van der Waals surface area (Å²) in [6.45, 7) is 1.40. The molecule has 0 saturated heterocycles. The highest BCUT2D eigenvalue weighted by Gasteiger charge is 2.00. The fraction of sp³-hybridized carbons (Fsp3) is 0.143. The Morgan fingerprint density at radius 2 is 1.65 bits per heavy atom. The van der Waals surface area contributed by atoms with Gasteiger partial charge in [-0.3, -0.25) is 0 Å². The van der Waals surface area contributed by atoms with Crippen molar-refractivity contribution in [1.82, 2.24) is 5.32 Å². The normalized spacial score (nSPS) is 10.5. The molecule has 0 heterocycles. The van der Waals surface area contributed by atoms with E-state index in [2.05, 4.69) is 17.4 Å². The first-order valence-electron chi connectivity index (χ1n) is 5.44. The Bertz CT molecular complexity index is 485. The molecule has 0 unspecified atom stereocenters. The van der Waals surface area contributed by atoms with Gasteiger partial charge >= 0.3 is 0 Å². The summed E-state index contributed by atoms with van der Waals surface area (Å²) >= 11 is 5.62. The highest BCUT2D eigenvalue weighted by Crippen LogP contribution is 2.15. The molecule has 0 amide bonds. The smallest absolute Gasteiger partial charge is 0.142 e. The lowest BCUT2D eigenvalue weighted by molar-refractivity contribution is 0.620. The van der Waals surface area contributed by atoms with Crippen molar-refractivity contribution in [2.24, 2.45) is 0 Å². The molecule has 17 heavy (non-hydrogen) atoms. The van der Waals surface area contributed by atoms with Crippen molar-refractivity contribution in [3.05, 3.63) is 70.5 Å². The SMILES string of the molecule is Fc1cc(CNCc2ccccc2)ccc1Cl. The van der Waals surface area contributed by atoms with E-state index in [1.165, 1.54) is 11.6 Å². The second-order valence-electron chi connectivity index (χ2n) is 3.84. The molecule has 0 atom stereocenters. The summed E-state index contributed by atoms with van der Waals surface area (Å²) in [4.78, 5) is 0. The van der Waals surface area contributed by atoms with E-state index < -0.39 is 0 Å². The average molecular weight is 250 g/mol. The molecule has 2 rings (SSSR count). The van der Waals surface area contributed by atoms with Gasteiger partial charge in [-0.2, -0.15) is 0 Å². The third kappa shape index (κ3) is 3.55. The van der Waals surface area contributed by atoms with Crippen LogP contribution in [-0.4, -0.2) is 0 Å². The molecule has 0 aliphatic carbocycles. The summed E-state index contributed by atoms with van der Waals surface area (Å²) in [7, 11) is 0. The zero-order valence-electron chi connectivity index (χ0n) is 9.29. The Morgan fingerprint density at radius 1 is 0.941 bits per heavy atom. The Kier molecular flexibility index (Phi) is 4.13. The molecule has 0 aliphatic rings. The number of rotatable bonds is 4. The first-order chi connectivity index (χ1) is 8.25. The first kappa shape index (κ1) is 12.1. The van der Waals surface area contributed by atoms with Crippen molar-refractivity contribution in [1.29, 1.82) is 0 Å². The predicted octanol–water partition coefficient (Wildman–Crippen LogP) is 3.77. The quantitative estimate of drug-likeness (QED) is 0.870. The minimum atomic E-state index is -0.370. The molecule has 1 nitrogen and oxygen atoms in total. The van der Waals surface area contributed by atoms with E-state index in [4.69, 9.17) is 11.6 Å². The Hall–Kier alpha value is -1.38. The molecular formula is C14H13ClFN. The van der Waals surface area contributed by atoms with Crippen LogP contribution in [0.1, 0.15) is 11.1 Å². The summed E-state index contributed by atoms with van der Waals surface area (Å²) in [6, 6.07) is 14.9. The Balaban J connectivity index is 1.88. The molecular weight excluding hydrogens is 237 g/mol. The fourth-order valence-corrected chi connectivity index (χ4v) is 1.71. The number of hydrogen-bond donors (Lipinski definition) is 1. The van der Waals surface area contributed by atoms with E-state index in [9.17, 15) is 4.39 Å². The van der Waals surface area contributed by atoms with E-state index >= 15 is 0 Å². The average Bonchev–Trinajstić information content (AvgIpc) is 2.35. The van der Waals surface area contributed by atoms with Crippen LogP contribution in [0.15, 0.2) is 48.5 Å². The fourth-order valence-electron chi connectivity index (χ4n) is 1.60. The van der Waals surface area contributed by atoms with E-state index in [0.717, 1.165) is 12.1 Å². The van der Waals surface area contributed by atoms with E-state index in [-0.39, 0.29) is 10.8 Å². The van der Waals surface area contributed by atoms with Gasteiger partial charge in [0.15, 0.2) is 0 Å². The second kappa shape index (κ2) is 5.80. The molecule has 0 spiro atoms. The van der Waals surface area contributed by atoms with Gasteiger partial charge in [-0.1, -0.05) is 48.0 Å². The van der Waals surface area contributed by atoms with Crippen molar-refractivity contribution >= 4 is 11.6 Å². The second-order valence-corrected chi connectivity index (χ2v) is 4.24. The maximum Gasteiger partial charge on any atom is 0.142 e. The minimum Gasteiger partial charge on any atom is -0.309 e. The summed E-state index contributed by atoms with van der Waals surface area (Å²) in [6.07, 6.45) is 0. The lowest BCUT2D eigenvalue weighted by atomic mass is 10.2. The van der Waals surface area contributed by atoms with Crippen LogP contribution in [0.3, 0.4) is 0 Å². The van der Waals surface area contributed by atoms with Gasteiger partial charge in [0, 0.05) is 13.1 Å². The Labute approximate surface area is 105 Å². The summed E-state index contributed by atoms with van der Waals surface area (Å²) < 4.78 is 13.2. The lowest BCUT2D eigenvalue weighted by Gasteiger charge is -2.05. The zero-order valence-corrected chi connectivity index (χ0v) is 10.0. The third-order valence-electron chi connectivity index (χ3n) is 2.49. The van der Waals surface area contributed by atoms with Gasteiger partial charge in [-0.15, -0.1) is 0 Å². The van der Waals surface area contributed by atoms with Crippen molar-refractivity contribution < 1.29 is 4.39 Å². The molecule has 0 radical (unpaired) electrons. The molecule has 0 bridgehead atoms. The number of benzene rings is 2. The number of hydrogen-bond acceptors (Lipinski definition) is 1. The molecule has 3 heteroatoms. The van der Waals surface area contributed by atoms with Crippen LogP contribution in [0.25, 0.3) is 0 Å². The van der Waals surface area contributed by atoms with Crippen molar-refractivity contribution in [3.63, 3.8) is 0 Å². The van der Waals surface area contributed by atoms with Crippen LogP contribution in [0.4, 0.5) is 4.39 Å². The molecule has 2 aromatic carbocycles. The topological polar surface area (TPSA) is 12.0 Å². The lowest BCUT2D eigenvalue weighted by Crippen LogP contribution is -2.12. The highest BCUT2D eigenvalue weighted by atomic mass is 35.5. The van der Waals surface area contributed by atoms with Gasteiger partial charge in [-0.05, 0) is 23.3 Å². The summed E-state index contributed by atoms with van der Waals surface area (Å²) in [5.41, 5.74) is 2.10. The molecule has 1 N–H and O–H groups in total. The molecule has 0 saturated carbocycles. The Morgan fingerprint density at radius 3 is 2.35 bits per heavy atom. The largest absolute Gasteiger partial charge is 0.309 e. The van der Waals surface area contributed by atoms with Gasteiger partial charge in [0.2, 0.25) is 0 Å². The standard InChI is InChI=1S/C14H13ClFN/c15-13-7-6-12(8-14(13)16)10-17-9-11-4-2-1-3-5-11/h1-8,17H,9-10H2. The maximum absolute atomic E-state index is 13.2. The molecule has 0 aromatic heterocycles. The zero-order chi connectivity index (χ0) is 12.1. The molecule has 0 fully saturated rings. The van der Waals surface area contributed by atoms with Crippen LogP contribution in [0, 0.1) is 5.82 Å². The number of halogens is 2. The molecule has 0 aliphatic heterocycles. The van der Waals surface area contributed by atoms with Crippen LogP contribution in [0.5, 0.6) is 0 Å². The predicted molar refractivity (Wildman–Crippen MR) is 68.4 cm³/mol. The van der Waals surface area contributed by atoms with Gasteiger partial charge < -0.3 is 5.32 Å². The number of nitrogens with one attached hydrogen (secondary N) is 1. The minimum absolute atomic E-state index is 0.164. The van der Waals surface area contributed by atoms with Crippen LogP contribution < -0.4 is 5.32 Å². The van der Waals surface area contributed by atoms with E-state index in [0.29, 0.717) is 6.54 Å². The van der Waals surface area contributed by atoms with E-state index in [1.54, 1.807) is 6.07 Å². The highest BCUT2D eigenvalue weighted by molar-refractivity contribution is 6.30. The van der Waals surface area contributed by atoms with Gasteiger partial charge in [-0.25, -0.2) is 4.39 Å². The van der Waals surface area contributed by atoms with Gasteiger partial charge in [0.05, 0.1) is 5.02 Å². The van der Waals surface area contributed by atoms with Gasteiger partial charge in [0.1, 0.15) is 5.82 Å². The summed E-state index contributed by atoms with van der Waals surface area (Å²) in [5, 5.41) is 3.42. The van der Waals surface area contributed by atoms with E-state index in [1.807, 2.05) is 24.3 Å². The monoisotopic (exact) mass is 249 g/mol. The van der Waals surface area contributed by atoms with Crippen molar-refractivity contribution in [2.45, 2.75) is 13.1 Å². The molecule has 88 valence electrons. The molecule has 2 aromatic rings. The van der Waals surface area contributed by atoms with Gasteiger partial charge in [0.25, 0.3) is 0 Å². The summed E-state index contributed by atoms with van der Waals surface area (Å²) in [5.74, 6) is -0.370. The maximum atomic E-state index is 13.2. The van der Waals surface area contributed by atoms with Crippen molar-refractivity contribution in [2.75, 3.05) is 0 Å². The van der Waals surface area contributed by atoms with Crippen LogP contribution in [-0.2, 0) is 13.1 Å². The van der Waals surface area contributed by atoms with Crippen LogP contribution in [0.2, 0.25) is 5.02 Å².